The van der Waals surface area contributed by atoms with Crippen LogP contribution in [-0.4, -0.2) is 31.1 Å². The molecular weight excluding hydrogens is 486 g/mol. The predicted molar refractivity (Wildman–Crippen MR) is 135 cm³/mol. The number of nitrogens with zero attached hydrogens (tertiary/aromatic N) is 1. The van der Waals surface area contributed by atoms with E-state index in [-0.39, 0.29) is 45.6 Å². The SMILES string of the molecule is CCOc1cc(/C=C2\SC(=O)N(Cc3ccccc3C)C2=O)ccc1OS(=O)(=O)c1ccccc1. The molecule has 1 heterocycles. The molecule has 1 aliphatic rings. The van der Waals surface area contributed by atoms with E-state index in [0.717, 1.165) is 22.9 Å². The number of imide groups is 1. The van der Waals surface area contributed by atoms with Gasteiger partial charge in [-0.2, -0.15) is 8.42 Å². The summed E-state index contributed by atoms with van der Waals surface area (Å²) in [6.07, 6.45) is 1.58. The highest BCUT2D eigenvalue weighted by molar-refractivity contribution is 8.18. The van der Waals surface area contributed by atoms with Gasteiger partial charge in [0.05, 0.1) is 18.1 Å². The zero-order valence-electron chi connectivity index (χ0n) is 19.1. The molecule has 2 amide bonds. The molecule has 1 fully saturated rings. The molecule has 1 saturated heterocycles. The summed E-state index contributed by atoms with van der Waals surface area (Å²) in [5, 5.41) is -0.344. The minimum absolute atomic E-state index is 0.0221. The lowest BCUT2D eigenvalue weighted by atomic mass is 10.1. The van der Waals surface area contributed by atoms with Crippen molar-refractivity contribution in [3.8, 4) is 11.5 Å². The van der Waals surface area contributed by atoms with E-state index in [4.69, 9.17) is 8.92 Å². The summed E-state index contributed by atoms with van der Waals surface area (Å²) in [5.41, 5.74) is 2.47. The smallest absolute Gasteiger partial charge is 0.339 e. The van der Waals surface area contributed by atoms with Crippen LogP contribution in [0, 0.1) is 6.92 Å². The van der Waals surface area contributed by atoms with Gasteiger partial charge < -0.3 is 8.92 Å². The van der Waals surface area contributed by atoms with Gasteiger partial charge in [-0.1, -0.05) is 48.5 Å². The van der Waals surface area contributed by atoms with Crippen molar-refractivity contribution in [2.45, 2.75) is 25.3 Å². The number of thioether (sulfide) groups is 1. The molecule has 180 valence electrons. The van der Waals surface area contributed by atoms with Crippen molar-refractivity contribution in [3.63, 3.8) is 0 Å². The maximum atomic E-state index is 12.9. The first-order valence-corrected chi connectivity index (χ1v) is 13.1. The monoisotopic (exact) mass is 509 g/mol. The summed E-state index contributed by atoms with van der Waals surface area (Å²) >= 11 is 0.863. The van der Waals surface area contributed by atoms with E-state index in [1.165, 1.54) is 23.1 Å². The third-order valence-electron chi connectivity index (χ3n) is 5.26. The normalized spacial score (nSPS) is 15.0. The number of ether oxygens (including phenoxy) is 1. The molecule has 4 rings (SSSR count). The highest BCUT2D eigenvalue weighted by Crippen LogP contribution is 2.36. The lowest BCUT2D eigenvalue weighted by Gasteiger charge is -2.14. The summed E-state index contributed by atoms with van der Waals surface area (Å²) in [6.45, 7) is 4.17. The first kappa shape index (κ1) is 24.6. The van der Waals surface area contributed by atoms with Gasteiger partial charge in [0, 0.05) is 0 Å². The van der Waals surface area contributed by atoms with Crippen LogP contribution in [0.4, 0.5) is 4.79 Å². The molecule has 35 heavy (non-hydrogen) atoms. The van der Waals surface area contributed by atoms with E-state index in [1.54, 1.807) is 43.3 Å². The molecule has 3 aromatic rings. The Labute approximate surface area is 208 Å². The zero-order chi connectivity index (χ0) is 25.0. The van der Waals surface area contributed by atoms with Gasteiger partial charge in [-0.05, 0) is 72.6 Å². The number of benzene rings is 3. The van der Waals surface area contributed by atoms with Crippen LogP contribution in [-0.2, 0) is 21.5 Å². The quantitative estimate of drug-likeness (QED) is 0.297. The maximum Gasteiger partial charge on any atom is 0.339 e. The second-order valence-corrected chi connectivity index (χ2v) is 10.2. The van der Waals surface area contributed by atoms with Gasteiger partial charge in [0.2, 0.25) is 0 Å². The number of hydrogen-bond acceptors (Lipinski definition) is 7. The number of rotatable bonds is 8. The highest BCUT2D eigenvalue weighted by atomic mass is 32.2. The molecule has 0 unspecified atom stereocenters. The Morgan fingerprint density at radius 2 is 1.66 bits per heavy atom. The van der Waals surface area contributed by atoms with Crippen LogP contribution in [0.2, 0.25) is 0 Å². The third kappa shape index (κ3) is 5.58. The van der Waals surface area contributed by atoms with E-state index in [9.17, 15) is 18.0 Å². The van der Waals surface area contributed by atoms with Gasteiger partial charge in [-0.15, -0.1) is 0 Å². The van der Waals surface area contributed by atoms with Gasteiger partial charge in [0.25, 0.3) is 11.1 Å². The van der Waals surface area contributed by atoms with Crippen molar-refractivity contribution >= 4 is 39.1 Å². The lowest BCUT2D eigenvalue weighted by Crippen LogP contribution is -2.27. The van der Waals surface area contributed by atoms with Crippen LogP contribution in [0.25, 0.3) is 6.08 Å². The van der Waals surface area contributed by atoms with Gasteiger partial charge in [0.15, 0.2) is 11.5 Å². The minimum atomic E-state index is -4.05. The van der Waals surface area contributed by atoms with Crippen molar-refractivity contribution in [1.82, 2.24) is 4.90 Å². The van der Waals surface area contributed by atoms with Crippen molar-refractivity contribution in [1.29, 1.82) is 0 Å². The van der Waals surface area contributed by atoms with Crippen LogP contribution < -0.4 is 8.92 Å². The Morgan fingerprint density at radius 3 is 2.37 bits per heavy atom. The van der Waals surface area contributed by atoms with Gasteiger partial charge in [-0.25, -0.2) is 0 Å². The molecular formula is C26H23NO6S2. The first-order valence-electron chi connectivity index (χ1n) is 10.8. The molecule has 9 heteroatoms. The minimum Gasteiger partial charge on any atom is -0.490 e. The van der Waals surface area contributed by atoms with E-state index in [1.807, 2.05) is 31.2 Å². The second kappa shape index (κ2) is 10.4. The van der Waals surface area contributed by atoms with Crippen molar-refractivity contribution in [2.24, 2.45) is 0 Å². The average molecular weight is 510 g/mol. The van der Waals surface area contributed by atoms with Gasteiger partial charge >= 0.3 is 10.1 Å². The molecule has 0 saturated carbocycles. The number of aryl methyl sites for hydroxylation is 1. The third-order valence-corrected chi connectivity index (χ3v) is 7.42. The van der Waals surface area contributed by atoms with Crippen molar-refractivity contribution < 1.29 is 26.9 Å². The average Bonchev–Trinajstić information content (AvgIpc) is 3.10. The Hall–Kier alpha value is -3.56. The van der Waals surface area contributed by atoms with Crippen LogP contribution in [0.3, 0.4) is 0 Å². The number of amides is 2. The molecule has 0 aromatic heterocycles. The summed E-state index contributed by atoms with van der Waals surface area (Å²) < 4.78 is 36.2. The Bertz CT molecular complexity index is 1400. The lowest BCUT2D eigenvalue weighted by molar-refractivity contribution is -0.123. The molecule has 0 N–H and O–H groups in total. The number of hydrogen-bond donors (Lipinski definition) is 0. The molecule has 0 atom stereocenters. The molecule has 0 bridgehead atoms. The van der Waals surface area contributed by atoms with Crippen LogP contribution >= 0.6 is 11.8 Å². The van der Waals surface area contributed by atoms with E-state index in [2.05, 4.69) is 0 Å². The largest absolute Gasteiger partial charge is 0.490 e. The van der Waals surface area contributed by atoms with Crippen molar-refractivity contribution in [2.75, 3.05) is 6.61 Å². The molecule has 0 radical (unpaired) electrons. The molecule has 3 aromatic carbocycles. The Balaban J connectivity index is 1.58. The number of carbonyl (C=O) groups excluding carboxylic acids is 2. The Kier molecular flexibility index (Phi) is 7.28. The van der Waals surface area contributed by atoms with E-state index >= 15 is 0 Å². The molecule has 0 spiro atoms. The number of carbonyl (C=O) groups is 2. The fraction of sp³-hybridized carbons (Fsp3) is 0.154. The summed E-state index contributed by atoms with van der Waals surface area (Å²) in [4.78, 5) is 27.0. The van der Waals surface area contributed by atoms with Crippen LogP contribution in [0.5, 0.6) is 11.5 Å². The van der Waals surface area contributed by atoms with E-state index < -0.39 is 10.1 Å². The Morgan fingerprint density at radius 1 is 0.943 bits per heavy atom. The molecule has 1 aliphatic heterocycles. The summed E-state index contributed by atoms with van der Waals surface area (Å²) in [6, 6.07) is 20.0. The van der Waals surface area contributed by atoms with Crippen molar-refractivity contribution in [3.05, 3.63) is 94.4 Å². The summed E-state index contributed by atoms with van der Waals surface area (Å²) in [7, 11) is -4.05. The molecule has 0 aliphatic carbocycles. The van der Waals surface area contributed by atoms with Crippen LogP contribution in [0.1, 0.15) is 23.6 Å². The van der Waals surface area contributed by atoms with Gasteiger partial charge in [-0.3, -0.25) is 14.5 Å². The maximum absolute atomic E-state index is 12.9. The first-order chi connectivity index (χ1) is 16.8. The topological polar surface area (TPSA) is 90.0 Å². The standard InChI is InChI=1S/C26H23NO6S2/c1-3-32-23-15-19(13-14-22(23)33-35(30,31)21-11-5-4-6-12-21)16-24-25(28)27(26(29)34-24)17-20-10-8-7-9-18(20)2/h4-16H,3,17H2,1-2H3/b24-16-. The van der Waals surface area contributed by atoms with Gasteiger partial charge in [0.1, 0.15) is 4.90 Å². The zero-order valence-corrected chi connectivity index (χ0v) is 20.8. The second-order valence-electron chi connectivity index (χ2n) is 7.68. The van der Waals surface area contributed by atoms with Crippen LogP contribution in [0.15, 0.2) is 82.6 Å². The van der Waals surface area contributed by atoms with E-state index in [0.29, 0.717) is 5.56 Å². The molecule has 7 nitrogen and oxygen atoms in total. The highest BCUT2D eigenvalue weighted by Gasteiger charge is 2.35. The fourth-order valence-electron chi connectivity index (χ4n) is 3.45. The summed E-state index contributed by atoms with van der Waals surface area (Å²) in [5.74, 6) is -0.145. The fourth-order valence-corrected chi connectivity index (χ4v) is 5.25. The predicted octanol–water partition coefficient (Wildman–Crippen LogP) is 5.40.